The number of aryl methyl sites for hydroxylation is 4. The van der Waals surface area contributed by atoms with Crippen molar-refractivity contribution in [3.05, 3.63) is 143 Å². The van der Waals surface area contributed by atoms with E-state index in [1.54, 1.807) is 9.13 Å². The molecule has 0 saturated carbocycles. The molecule has 0 saturated heterocycles. The predicted molar refractivity (Wildman–Crippen MR) is 190 cm³/mol. The Balaban J connectivity index is 1.64. The zero-order valence-corrected chi connectivity index (χ0v) is 27.6. The number of aromatic nitrogens is 2. The monoisotopic (exact) mass is 676 g/mol. The summed E-state index contributed by atoms with van der Waals surface area (Å²) < 4.78 is 94.9. The van der Waals surface area contributed by atoms with E-state index in [4.69, 9.17) is 0 Å². The van der Waals surface area contributed by atoms with Crippen molar-refractivity contribution in [1.29, 1.82) is 0 Å². The van der Waals surface area contributed by atoms with Gasteiger partial charge >= 0.3 is 12.4 Å². The summed E-state index contributed by atoms with van der Waals surface area (Å²) in [6.45, 7) is 7.45. The number of rotatable bonds is 3. The van der Waals surface area contributed by atoms with Crippen molar-refractivity contribution in [3.8, 4) is 22.5 Å². The second-order valence-electron chi connectivity index (χ2n) is 13.2. The van der Waals surface area contributed by atoms with E-state index in [0.29, 0.717) is 22.1 Å². The summed E-state index contributed by atoms with van der Waals surface area (Å²) in [5.41, 5.74) is 2.84. The molecule has 0 aliphatic carbocycles. The van der Waals surface area contributed by atoms with Crippen molar-refractivity contribution < 1.29 is 26.3 Å². The van der Waals surface area contributed by atoms with E-state index in [1.807, 2.05) is 100 Å². The summed E-state index contributed by atoms with van der Waals surface area (Å²) in [6, 6.07) is 30.0. The van der Waals surface area contributed by atoms with Crippen LogP contribution in [0.3, 0.4) is 0 Å². The Kier molecular flexibility index (Phi) is 6.99. The lowest BCUT2D eigenvalue weighted by Crippen LogP contribution is -2.16. The van der Waals surface area contributed by atoms with Gasteiger partial charge in [0.05, 0.1) is 39.0 Å². The number of hydrogen-bond acceptors (Lipinski definition) is 0. The third-order valence-corrected chi connectivity index (χ3v) is 9.56. The van der Waals surface area contributed by atoms with Gasteiger partial charge in [0.15, 0.2) is 0 Å². The number of hydrogen-bond donors (Lipinski definition) is 0. The zero-order chi connectivity index (χ0) is 35.3. The molecule has 0 N–H and O–H groups in total. The topological polar surface area (TPSA) is 9.86 Å². The standard InChI is InChI=1S/C42H30F6N2/c1-23-9-13-29-30-14-10-24(2)18-35(30)49(34(29)17-23)38-21-27(28-7-5-6-8-33(28)41(43,44)45)22-39(40(38)42(46,47)48)50-36-19-25(3)11-15-31(36)32-16-12-26(4)20-37(32)50/h5-22H,1-4H3. The quantitative estimate of drug-likeness (QED) is 0.165. The number of halogens is 6. The van der Waals surface area contributed by atoms with Gasteiger partial charge in [-0.25, -0.2) is 0 Å². The van der Waals surface area contributed by atoms with Gasteiger partial charge in [0.1, 0.15) is 5.56 Å². The number of benzene rings is 6. The maximum absolute atomic E-state index is 16.0. The third-order valence-electron chi connectivity index (χ3n) is 9.56. The highest BCUT2D eigenvalue weighted by Gasteiger charge is 2.40. The molecule has 0 aliphatic rings. The minimum Gasteiger partial charge on any atom is -0.309 e. The van der Waals surface area contributed by atoms with Gasteiger partial charge in [0.25, 0.3) is 0 Å². The Morgan fingerprint density at radius 3 is 1.12 bits per heavy atom. The van der Waals surface area contributed by atoms with Gasteiger partial charge in [0, 0.05) is 21.5 Å². The Hall–Kier alpha value is -5.50. The molecular weight excluding hydrogens is 646 g/mol. The molecule has 0 radical (unpaired) electrons. The van der Waals surface area contributed by atoms with Crippen LogP contribution in [0.1, 0.15) is 33.4 Å². The first-order valence-corrected chi connectivity index (χ1v) is 16.2. The van der Waals surface area contributed by atoms with Crippen LogP contribution in [0.5, 0.6) is 0 Å². The van der Waals surface area contributed by atoms with Gasteiger partial charge in [-0.3, -0.25) is 0 Å². The van der Waals surface area contributed by atoms with E-state index >= 15 is 13.2 Å². The number of nitrogens with zero attached hydrogens (tertiary/aromatic N) is 2. The van der Waals surface area contributed by atoms with Crippen LogP contribution in [0.2, 0.25) is 0 Å². The highest BCUT2D eigenvalue weighted by Crippen LogP contribution is 2.47. The van der Waals surface area contributed by atoms with Gasteiger partial charge in [-0.1, -0.05) is 66.7 Å². The summed E-state index contributed by atoms with van der Waals surface area (Å²) in [5.74, 6) is 0. The molecule has 0 unspecified atom stereocenters. The normalized spacial score (nSPS) is 12.6. The third kappa shape index (κ3) is 4.96. The molecule has 0 fully saturated rings. The Morgan fingerprint density at radius 2 is 0.780 bits per heavy atom. The molecule has 2 heterocycles. The van der Waals surface area contributed by atoms with Crippen LogP contribution in [0.4, 0.5) is 26.3 Å². The highest BCUT2D eigenvalue weighted by atomic mass is 19.4. The van der Waals surface area contributed by atoms with Crippen LogP contribution in [0.25, 0.3) is 66.1 Å². The number of fused-ring (bicyclic) bond motifs is 6. The van der Waals surface area contributed by atoms with Gasteiger partial charge < -0.3 is 9.13 Å². The highest BCUT2D eigenvalue weighted by molar-refractivity contribution is 6.11. The lowest BCUT2D eigenvalue weighted by atomic mass is 9.95. The van der Waals surface area contributed by atoms with Gasteiger partial charge in [-0.15, -0.1) is 0 Å². The van der Waals surface area contributed by atoms with E-state index in [2.05, 4.69) is 0 Å². The second-order valence-corrected chi connectivity index (χ2v) is 13.2. The molecule has 50 heavy (non-hydrogen) atoms. The van der Waals surface area contributed by atoms with Gasteiger partial charge in [0.2, 0.25) is 0 Å². The average molecular weight is 677 g/mol. The van der Waals surface area contributed by atoms with Crippen molar-refractivity contribution in [2.75, 3.05) is 0 Å². The number of alkyl halides is 6. The Morgan fingerprint density at radius 1 is 0.420 bits per heavy atom. The van der Waals surface area contributed by atoms with Gasteiger partial charge in [-0.05, 0) is 104 Å². The van der Waals surface area contributed by atoms with Crippen LogP contribution < -0.4 is 0 Å². The summed E-state index contributed by atoms with van der Waals surface area (Å²) in [6.07, 6.45) is -9.67. The Labute approximate surface area is 283 Å². The van der Waals surface area contributed by atoms with Crippen LogP contribution in [-0.4, -0.2) is 9.13 Å². The fraction of sp³-hybridized carbons (Fsp3) is 0.143. The van der Waals surface area contributed by atoms with Crippen molar-refractivity contribution >= 4 is 43.6 Å². The van der Waals surface area contributed by atoms with Crippen LogP contribution >= 0.6 is 0 Å². The molecule has 8 aromatic rings. The SMILES string of the molecule is Cc1ccc2c3ccc(C)cc3n(-c3cc(-c4ccccc4C(F)(F)F)cc(-n4c5cc(C)ccc5c5ccc(C)cc54)c3C(F)(F)F)c2c1. The largest absolute Gasteiger partial charge is 0.420 e. The maximum Gasteiger partial charge on any atom is 0.420 e. The molecule has 6 aromatic carbocycles. The van der Waals surface area contributed by atoms with E-state index in [9.17, 15) is 13.2 Å². The molecule has 8 rings (SSSR count). The lowest BCUT2D eigenvalue weighted by molar-refractivity contribution is -0.138. The zero-order valence-electron chi connectivity index (χ0n) is 27.6. The van der Waals surface area contributed by atoms with Crippen LogP contribution in [-0.2, 0) is 12.4 Å². The van der Waals surface area contributed by atoms with Crippen molar-refractivity contribution in [2.24, 2.45) is 0 Å². The van der Waals surface area contributed by atoms with Gasteiger partial charge in [-0.2, -0.15) is 26.3 Å². The second kappa shape index (κ2) is 11.0. The van der Waals surface area contributed by atoms with E-state index in [1.165, 1.54) is 30.3 Å². The fourth-order valence-corrected chi connectivity index (χ4v) is 7.39. The van der Waals surface area contributed by atoms with Crippen LogP contribution in [0, 0.1) is 27.7 Å². The summed E-state index contributed by atoms with van der Waals surface area (Å²) in [4.78, 5) is 0. The van der Waals surface area contributed by atoms with E-state index in [-0.39, 0.29) is 22.5 Å². The molecular formula is C42H30F6N2. The van der Waals surface area contributed by atoms with Crippen molar-refractivity contribution in [2.45, 2.75) is 40.0 Å². The molecule has 0 aliphatic heterocycles. The first-order chi connectivity index (χ1) is 23.7. The first-order valence-electron chi connectivity index (χ1n) is 16.2. The maximum atomic E-state index is 16.0. The molecule has 0 atom stereocenters. The van der Waals surface area contributed by atoms with E-state index in [0.717, 1.165) is 49.9 Å². The fourth-order valence-electron chi connectivity index (χ4n) is 7.39. The molecule has 2 nitrogen and oxygen atoms in total. The molecule has 0 spiro atoms. The first kappa shape index (κ1) is 31.7. The molecule has 2 aromatic heterocycles. The minimum absolute atomic E-state index is 0.0153. The van der Waals surface area contributed by atoms with Crippen molar-refractivity contribution in [3.63, 3.8) is 0 Å². The molecule has 0 bridgehead atoms. The Bertz CT molecular complexity index is 2400. The lowest BCUT2D eigenvalue weighted by Gasteiger charge is -2.24. The van der Waals surface area contributed by atoms with E-state index < -0.39 is 23.5 Å². The van der Waals surface area contributed by atoms with Crippen molar-refractivity contribution in [1.82, 2.24) is 9.13 Å². The average Bonchev–Trinajstić information content (AvgIpc) is 3.53. The predicted octanol–water partition coefficient (Wildman–Crippen LogP) is 12.8. The minimum atomic E-state index is -4.92. The molecule has 8 heteroatoms. The summed E-state index contributed by atoms with van der Waals surface area (Å²) >= 11 is 0. The van der Waals surface area contributed by atoms with Crippen LogP contribution in [0.15, 0.2) is 109 Å². The summed E-state index contributed by atoms with van der Waals surface area (Å²) in [7, 11) is 0. The smallest absolute Gasteiger partial charge is 0.309 e. The molecule has 250 valence electrons. The summed E-state index contributed by atoms with van der Waals surface area (Å²) in [5, 5.41) is 2.96. The molecule has 0 amide bonds.